The van der Waals surface area contributed by atoms with Crippen LogP contribution in [0.15, 0.2) is 0 Å². The number of hydrogen-bond acceptors (Lipinski definition) is 2. The molecule has 0 bridgehead atoms. The molecule has 0 fully saturated rings. The molecule has 0 heterocycles. The number of carbonyl (C=O) groups is 2. The van der Waals surface area contributed by atoms with Crippen LogP contribution in [-0.4, -0.2) is 18.7 Å². The van der Waals surface area contributed by atoms with Crippen molar-refractivity contribution in [2.24, 2.45) is 11.8 Å². The summed E-state index contributed by atoms with van der Waals surface area (Å²) in [6, 6.07) is 0. The fraction of sp³-hybridized carbons (Fsp3) is 0.800. The summed E-state index contributed by atoms with van der Waals surface area (Å²) in [6.45, 7) is 5.56. The summed E-state index contributed by atoms with van der Waals surface area (Å²) >= 11 is 0. The average Bonchev–Trinajstić information content (AvgIpc) is 2.03. The Morgan fingerprint density at radius 1 is 1.31 bits per heavy atom. The molecule has 0 aromatic carbocycles. The van der Waals surface area contributed by atoms with Crippen molar-refractivity contribution < 1.29 is 9.59 Å². The number of hydrogen-bond donors (Lipinski definition) is 1. The first kappa shape index (κ1) is 12.1. The number of rotatable bonds is 5. The molecule has 1 N–H and O–H groups in total. The lowest BCUT2D eigenvalue weighted by Gasteiger charge is -2.18. The fourth-order valence-electron chi connectivity index (χ4n) is 1.31. The Morgan fingerprint density at radius 3 is 2.15 bits per heavy atom. The van der Waals surface area contributed by atoms with Crippen LogP contribution in [0.4, 0.5) is 0 Å². The van der Waals surface area contributed by atoms with Gasteiger partial charge in [0.15, 0.2) is 0 Å². The summed E-state index contributed by atoms with van der Waals surface area (Å²) in [5.41, 5.74) is 0. The van der Waals surface area contributed by atoms with E-state index in [9.17, 15) is 9.59 Å². The van der Waals surface area contributed by atoms with E-state index in [0.29, 0.717) is 18.8 Å². The molecule has 0 aliphatic heterocycles. The van der Waals surface area contributed by atoms with Gasteiger partial charge < -0.3 is 10.1 Å². The van der Waals surface area contributed by atoms with Gasteiger partial charge in [0.1, 0.15) is 5.78 Å². The van der Waals surface area contributed by atoms with Crippen LogP contribution < -0.4 is 5.32 Å². The Balaban J connectivity index is 4.10. The van der Waals surface area contributed by atoms with Crippen molar-refractivity contribution in [2.45, 2.75) is 33.6 Å². The van der Waals surface area contributed by atoms with Crippen molar-refractivity contribution in [2.75, 3.05) is 7.05 Å². The smallest absolute Gasteiger partial charge is 0.223 e. The monoisotopic (exact) mass is 185 g/mol. The van der Waals surface area contributed by atoms with E-state index in [4.69, 9.17) is 0 Å². The molecule has 3 nitrogen and oxygen atoms in total. The number of carbonyl (C=O) groups excluding carboxylic acids is 2. The van der Waals surface area contributed by atoms with Crippen molar-refractivity contribution in [3.05, 3.63) is 0 Å². The Bertz CT molecular complexity index is 187. The van der Waals surface area contributed by atoms with Crippen molar-refractivity contribution in [3.8, 4) is 0 Å². The molecular formula is C10H19NO2. The van der Waals surface area contributed by atoms with Gasteiger partial charge >= 0.3 is 0 Å². The highest BCUT2D eigenvalue weighted by atomic mass is 16.1. The molecule has 0 unspecified atom stereocenters. The Kier molecular flexibility index (Phi) is 5.35. The molecule has 1 amide bonds. The van der Waals surface area contributed by atoms with E-state index < -0.39 is 0 Å². The van der Waals surface area contributed by atoms with E-state index in [1.165, 1.54) is 0 Å². The van der Waals surface area contributed by atoms with E-state index in [1.807, 2.05) is 13.8 Å². The van der Waals surface area contributed by atoms with Crippen molar-refractivity contribution in [3.63, 3.8) is 0 Å². The summed E-state index contributed by atoms with van der Waals surface area (Å²) in [7, 11) is 1.63. The van der Waals surface area contributed by atoms with Gasteiger partial charge in [-0.15, -0.1) is 0 Å². The molecule has 0 aromatic heterocycles. The zero-order valence-electron chi connectivity index (χ0n) is 8.89. The average molecular weight is 185 g/mol. The topological polar surface area (TPSA) is 46.2 Å². The third-order valence-electron chi connectivity index (χ3n) is 2.20. The number of nitrogens with one attached hydrogen (secondary N) is 1. The molecule has 3 heteroatoms. The molecule has 0 saturated heterocycles. The maximum absolute atomic E-state index is 11.3. The minimum atomic E-state index is -0.0334. The zero-order valence-corrected chi connectivity index (χ0v) is 8.89. The van der Waals surface area contributed by atoms with Crippen molar-refractivity contribution >= 4 is 11.7 Å². The van der Waals surface area contributed by atoms with Gasteiger partial charge in [-0.05, 0) is 19.3 Å². The van der Waals surface area contributed by atoms with Gasteiger partial charge in [-0.25, -0.2) is 0 Å². The minimum Gasteiger partial charge on any atom is -0.359 e. The highest BCUT2D eigenvalue weighted by Gasteiger charge is 2.20. The SMILES string of the molecule is CNC(=O)[C@H](CCC(C)=O)C(C)C. The van der Waals surface area contributed by atoms with E-state index >= 15 is 0 Å². The van der Waals surface area contributed by atoms with Crippen LogP contribution in [-0.2, 0) is 9.59 Å². The molecule has 76 valence electrons. The lowest BCUT2D eigenvalue weighted by molar-refractivity contribution is -0.126. The molecule has 0 aliphatic carbocycles. The summed E-state index contributed by atoms with van der Waals surface area (Å²) in [5.74, 6) is 0.444. The predicted molar refractivity (Wildman–Crippen MR) is 52.3 cm³/mol. The van der Waals surface area contributed by atoms with Crippen molar-refractivity contribution in [1.29, 1.82) is 0 Å². The van der Waals surface area contributed by atoms with Crippen molar-refractivity contribution in [1.82, 2.24) is 5.32 Å². The van der Waals surface area contributed by atoms with Crippen LogP contribution in [0.5, 0.6) is 0 Å². The first-order chi connectivity index (χ1) is 5.99. The maximum atomic E-state index is 11.3. The third-order valence-corrected chi connectivity index (χ3v) is 2.20. The molecule has 0 radical (unpaired) electrons. The number of ketones is 1. The fourth-order valence-corrected chi connectivity index (χ4v) is 1.31. The molecule has 0 aromatic rings. The van der Waals surface area contributed by atoms with E-state index in [0.717, 1.165) is 0 Å². The highest BCUT2D eigenvalue weighted by Crippen LogP contribution is 2.17. The van der Waals surface area contributed by atoms with Crippen LogP contribution in [0.3, 0.4) is 0 Å². The highest BCUT2D eigenvalue weighted by molar-refractivity contribution is 5.80. The second-order valence-electron chi connectivity index (χ2n) is 3.71. The van der Waals surface area contributed by atoms with Gasteiger partial charge in [-0.3, -0.25) is 4.79 Å². The van der Waals surface area contributed by atoms with E-state index in [2.05, 4.69) is 5.32 Å². The standard InChI is InChI=1S/C10H19NO2/c1-7(2)9(10(13)11-4)6-5-8(3)12/h7,9H,5-6H2,1-4H3,(H,11,13)/t9-/m1/s1. The summed E-state index contributed by atoms with van der Waals surface area (Å²) in [6.07, 6.45) is 1.16. The number of Topliss-reactive ketones (excluding diaryl/α,β-unsaturated/α-hetero) is 1. The molecule has 13 heavy (non-hydrogen) atoms. The zero-order chi connectivity index (χ0) is 10.4. The van der Waals surface area contributed by atoms with E-state index in [1.54, 1.807) is 14.0 Å². The number of amides is 1. The summed E-state index contributed by atoms with van der Waals surface area (Å²) in [5, 5.41) is 2.62. The lowest BCUT2D eigenvalue weighted by Crippen LogP contribution is -2.31. The Morgan fingerprint density at radius 2 is 1.85 bits per heavy atom. The second-order valence-corrected chi connectivity index (χ2v) is 3.71. The normalized spacial score (nSPS) is 12.7. The quantitative estimate of drug-likeness (QED) is 0.703. The molecule has 0 aliphatic rings. The van der Waals surface area contributed by atoms with Gasteiger partial charge in [0.25, 0.3) is 0 Å². The summed E-state index contributed by atoms with van der Waals surface area (Å²) in [4.78, 5) is 22.1. The minimum absolute atomic E-state index is 0.0334. The van der Waals surface area contributed by atoms with Crippen LogP contribution >= 0.6 is 0 Å². The summed E-state index contributed by atoms with van der Waals surface area (Å²) < 4.78 is 0. The molecule has 0 rings (SSSR count). The predicted octanol–water partition coefficient (Wildman–Crippen LogP) is 1.37. The van der Waals surface area contributed by atoms with Gasteiger partial charge in [-0.1, -0.05) is 13.8 Å². The molecular weight excluding hydrogens is 166 g/mol. The van der Waals surface area contributed by atoms with Gasteiger partial charge in [0.2, 0.25) is 5.91 Å². The molecule has 0 spiro atoms. The van der Waals surface area contributed by atoms with Gasteiger partial charge in [-0.2, -0.15) is 0 Å². The largest absolute Gasteiger partial charge is 0.359 e. The van der Waals surface area contributed by atoms with Crippen LogP contribution in [0.1, 0.15) is 33.6 Å². The van der Waals surface area contributed by atoms with Crippen LogP contribution in [0.2, 0.25) is 0 Å². The second kappa shape index (κ2) is 5.73. The first-order valence-electron chi connectivity index (χ1n) is 4.70. The van der Waals surface area contributed by atoms with E-state index in [-0.39, 0.29) is 17.6 Å². The van der Waals surface area contributed by atoms with Crippen LogP contribution in [0, 0.1) is 11.8 Å². The first-order valence-corrected chi connectivity index (χ1v) is 4.70. The van der Waals surface area contributed by atoms with Gasteiger partial charge in [0, 0.05) is 19.4 Å². The van der Waals surface area contributed by atoms with Crippen LogP contribution in [0.25, 0.3) is 0 Å². The Labute approximate surface area is 79.9 Å². The molecule has 0 saturated carbocycles. The molecule has 1 atom stereocenters. The lowest BCUT2D eigenvalue weighted by atomic mass is 9.90. The third kappa shape index (κ3) is 4.65. The van der Waals surface area contributed by atoms with Gasteiger partial charge in [0.05, 0.1) is 0 Å². The Hall–Kier alpha value is -0.860. The maximum Gasteiger partial charge on any atom is 0.223 e.